The fraction of sp³-hybridized carbons (Fsp3) is 0.250. The van der Waals surface area contributed by atoms with Gasteiger partial charge in [-0.2, -0.15) is 13.2 Å². The molecule has 0 aromatic heterocycles. The van der Waals surface area contributed by atoms with Crippen LogP contribution < -0.4 is 9.47 Å². The van der Waals surface area contributed by atoms with Crippen LogP contribution >= 0.6 is 0 Å². The van der Waals surface area contributed by atoms with Crippen LogP contribution in [0.25, 0.3) is 0 Å². The second kappa shape index (κ2) is 5.88. The average Bonchev–Trinajstić information content (AvgIpc) is 2.53. The summed E-state index contributed by atoms with van der Waals surface area (Å²) in [4.78, 5) is 0. The van der Waals surface area contributed by atoms with E-state index in [9.17, 15) is 18.3 Å². The van der Waals surface area contributed by atoms with Crippen molar-refractivity contribution in [3.05, 3.63) is 59.7 Å². The maximum atomic E-state index is 13.6. The van der Waals surface area contributed by atoms with Gasteiger partial charge >= 0.3 is 6.18 Å². The van der Waals surface area contributed by atoms with Crippen molar-refractivity contribution < 1.29 is 27.8 Å². The zero-order valence-corrected chi connectivity index (χ0v) is 12.0. The van der Waals surface area contributed by atoms with Crippen LogP contribution in [0.1, 0.15) is 11.1 Å². The average molecular weight is 312 g/mol. The number of ether oxygens (including phenoxy) is 2. The van der Waals surface area contributed by atoms with E-state index in [0.717, 1.165) is 12.1 Å². The predicted octanol–water partition coefficient (Wildman–Crippen LogP) is 3.50. The van der Waals surface area contributed by atoms with Crippen LogP contribution in [-0.4, -0.2) is 25.5 Å². The summed E-state index contributed by atoms with van der Waals surface area (Å²) < 4.78 is 50.7. The van der Waals surface area contributed by atoms with Crippen molar-refractivity contribution in [1.82, 2.24) is 0 Å². The van der Waals surface area contributed by atoms with Crippen LogP contribution in [0.15, 0.2) is 48.5 Å². The number of halogens is 3. The number of aliphatic hydroxyl groups is 1. The van der Waals surface area contributed by atoms with Crippen LogP contribution in [0, 0.1) is 0 Å². The van der Waals surface area contributed by atoms with Crippen LogP contribution in [-0.2, 0) is 5.60 Å². The summed E-state index contributed by atoms with van der Waals surface area (Å²) in [5, 5.41) is 10.5. The molecule has 1 N–H and O–H groups in total. The molecule has 0 aliphatic carbocycles. The molecule has 0 unspecified atom stereocenters. The molecule has 0 atom stereocenters. The highest BCUT2D eigenvalue weighted by atomic mass is 19.4. The Morgan fingerprint density at radius 3 is 1.55 bits per heavy atom. The molecular weight excluding hydrogens is 297 g/mol. The standard InChI is InChI=1S/C16H15F3O3/c1-21-13-7-3-5-11(9-13)15(20,16(17,18)19)12-6-4-8-14(10-12)22-2/h3-10,20H,1-2H3. The smallest absolute Gasteiger partial charge is 0.425 e. The Balaban J connectivity index is 2.66. The molecule has 0 bridgehead atoms. The van der Waals surface area contributed by atoms with Gasteiger partial charge in [-0.1, -0.05) is 24.3 Å². The summed E-state index contributed by atoms with van der Waals surface area (Å²) in [7, 11) is 2.69. The molecular formula is C16H15F3O3. The van der Waals surface area contributed by atoms with Gasteiger partial charge in [-0.3, -0.25) is 0 Å². The molecule has 0 saturated carbocycles. The molecule has 118 valence electrons. The molecule has 0 aliphatic rings. The molecule has 3 nitrogen and oxygen atoms in total. The second-order valence-corrected chi connectivity index (χ2v) is 4.67. The first-order valence-corrected chi connectivity index (χ1v) is 6.41. The quantitative estimate of drug-likeness (QED) is 0.939. The van der Waals surface area contributed by atoms with Gasteiger partial charge in [-0.15, -0.1) is 0 Å². The van der Waals surface area contributed by atoms with Gasteiger partial charge in [0.15, 0.2) is 0 Å². The molecule has 0 radical (unpaired) electrons. The molecule has 0 heterocycles. The van der Waals surface area contributed by atoms with Crippen molar-refractivity contribution in [1.29, 1.82) is 0 Å². The Bertz CT molecular complexity index is 606. The van der Waals surface area contributed by atoms with Gasteiger partial charge < -0.3 is 14.6 Å². The van der Waals surface area contributed by atoms with E-state index < -0.39 is 11.8 Å². The third kappa shape index (κ3) is 2.74. The van der Waals surface area contributed by atoms with Gasteiger partial charge in [0.1, 0.15) is 11.5 Å². The lowest BCUT2D eigenvalue weighted by Crippen LogP contribution is -2.43. The molecule has 6 heteroatoms. The van der Waals surface area contributed by atoms with Gasteiger partial charge in [0.25, 0.3) is 0 Å². The first-order chi connectivity index (χ1) is 10.3. The fourth-order valence-corrected chi connectivity index (χ4v) is 2.19. The molecule has 2 aromatic rings. The van der Waals surface area contributed by atoms with Gasteiger partial charge in [0.2, 0.25) is 5.60 Å². The van der Waals surface area contributed by atoms with E-state index in [-0.39, 0.29) is 22.6 Å². The van der Waals surface area contributed by atoms with E-state index in [1.807, 2.05) is 0 Å². The van der Waals surface area contributed by atoms with Crippen LogP contribution in [0.4, 0.5) is 13.2 Å². The molecule has 0 spiro atoms. The van der Waals surface area contributed by atoms with Crippen molar-refractivity contribution >= 4 is 0 Å². The molecule has 0 saturated heterocycles. The van der Waals surface area contributed by atoms with Gasteiger partial charge in [-0.05, 0) is 24.3 Å². The van der Waals surface area contributed by atoms with E-state index in [1.54, 1.807) is 0 Å². The lowest BCUT2D eigenvalue weighted by atomic mass is 9.85. The van der Waals surface area contributed by atoms with Gasteiger partial charge in [0.05, 0.1) is 14.2 Å². The Hall–Kier alpha value is -2.21. The fourth-order valence-electron chi connectivity index (χ4n) is 2.19. The maximum absolute atomic E-state index is 13.6. The summed E-state index contributed by atoms with van der Waals surface area (Å²) in [6.45, 7) is 0. The predicted molar refractivity (Wildman–Crippen MR) is 75.0 cm³/mol. The number of alkyl halides is 3. The second-order valence-electron chi connectivity index (χ2n) is 4.67. The van der Waals surface area contributed by atoms with Crippen LogP contribution in [0.2, 0.25) is 0 Å². The molecule has 2 aromatic carbocycles. The van der Waals surface area contributed by atoms with Crippen molar-refractivity contribution in [2.24, 2.45) is 0 Å². The lowest BCUT2D eigenvalue weighted by Gasteiger charge is -2.31. The topological polar surface area (TPSA) is 38.7 Å². The van der Waals surface area contributed by atoms with E-state index in [4.69, 9.17) is 9.47 Å². The summed E-state index contributed by atoms with van der Waals surface area (Å²) >= 11 is 0. The first-order valence-electron chi connectivity index (χ1n) is 6.41. The molecule has 22 heavy (non-hydrogen) atoms. The minimum atomic E-state index is -4.91. The zero-order chi connectivity index (χ0) is 16.4. The Kier molecular flexibility index (Phi) is 4.32. The number of rotatable bonds is 4. The third-order valence-corrected chi connectivity index (χ3v) is 3.39. The SMILES string of the molecule is COc1cccc(C(O)(c2cccc(OC)c2)C(F)(F)F)c1. The summed E-state index contributed by atoms with van der Waals surface area (Å²) in [6, 6.07) is 10.5. The van der Waals surface area contributed by atoms with E-state index in [1.165, 1.54) is 50.6 Å². The largest absolute Gasteiger partial charge is 0.497 e. The maximum Gasteiger partial charge on any atom is 0.425 e. The number of benzene rings is 2. The summed E-state index contributed by atoms with van der Waals surface area (Å²) in [5.74, 6) is 0.450. The van der Waals surface area contributed by atoms with Gasteiger partial charge in [-0.25, -0.2) is 0 Å². The van der Waals surface area contributed by atoms with Gasteiger partial charge in [0, 0.05) is 11.1 Å². The van der Waals surface area contributed by atoms with Crippen molar-refractivity contribution in [2.75, 3.05) is 14.2 Å². The van der Waals surface area contributed by atoms with Crippen molar-refractivity contribution in [2.45, 2.75) is 11.8 Å². The van der Waals surface area contributed by atoms with Crippen LogP contribution in [0.5, 0.6) is 11.5 Å². The Morgan fingerprint density at radius 1 is 0.818 bits per heavy atom. The highest BCUT2D eigenvalue weighted by Crippen LogP contribution is 2.45. The van der Waals surface area contributed by atoms with Crippen molar-refractivity contribution in [3.63, 3.8) is 0 Å². The zero-order valence-electron chi connectivity index (χ0n) is 12.0. The molecule has 0 amide bonds. The number of hydrogen-bond acceptors (Lipinski definition) is 3. The molecule has 0 aliphatic heterocycles. The minimum absolute atomic E-state index is 0.225. The highest BCUT2D eigenvalue weighted by Gasteiger charge is 2.56. The molecule has 2 rings (SSSR count). The number of hydrogen-bond donors (Lipinski definition) is 1. The van der Waals surface area contributed by atoms with E-state index in [0.29, 0.717) is 0 Å². The Labute approximate surface area is 125 Å². The van der Waals surface area contributed by atoms with E-state index >= 15 is 0 Å². The van der Waals surface area contributed by atoms with Crippen LogP contribution in [0.3, 0.4) is 0 Å². The third-order valence-electron chi connectivity index (χ3n) is 3.39. The molecule has 0 fully saturated rings. The Morgan fingerprint density at radius 2 is 1.23 bits per heavy atom. The minimum Gasteiger partial charge on any atom is -0.497 e. The van der Waals surface area contributed by atoms with Crippen molar-refractivity contribution in [3.8, 4) is 11.5 Å². The monoisotopic (exact) mass is 312 g/mol. The first kappa shape index (κ1) is 16.2. The lowest BCUT2D eigenvalue weighted by molar-refractivity contribution is -0.248. The summed E-state index contributed by atoms with van der Waals surface area (Å²) in [6.07, 6.45) is -4.91. The number of methoxy groups -OCH3 is 2. The highest BCUT2D eigenvalue weighted by molar-refractivity contribution is 5.44. The normalized spacial score (nSPS) is 12.1. The van der Waals surface area contributed by atoms with E-state index in [2.05, 4.69) is 0 Å². The summed E-state index contributed by atoms with van der Waals surface area (Å²) in [5.41, 5.74) is -3.81.